The van der Waals surface area contributed by atoms with Gasteiger partial charge in [-0.05, 0) is 86.2 Å². The lowest BCUT2D eigenvalue weighted by atomic mass is 10.0. The third kappa shape index (κ3) is 23.9. The monoisotopic (exact) mass is 749 g/mol. The first-order valence-electron chi connectivity index (χ1n) is 22.4. The molecule has 6 heteroatoms. The van der Waals surface area contributed by atoms with Crippen LogP contribution in [0.3, 0.4) is 0 Å². The second kappa shape index (κ2) is 32.5. The minimum absolute atomic E-state index is 0.147. The Morgan fingerprint density at radius 3 is 1.04 bits per heavy atom. The Kier molecular flexibility index (Phi) is 28.6. The quantitative estimate of drug-likeness (QED) is 0.0517. The van der Waals surface area contributed by atoms with Gasteiger partial charge in [0.25, 0.3) is 0 Å². The van der Waals surface area contributed by atoms with Crippen molar-refractivity contribution < 1.29 is 19.1 Å². The smallest absolute Gasteiger partial charge is 0.320 e. The molecule has 0 saturated carbocycles. The number of ether oxygens (including phenoxy) is 2. The molecule has 0 radical (unpaired) electrons. The standard InChI is InChI=1S/C48H80N2O4/c1-5-9-13-17-21-25-35-49(33-23-19-15-11-7-3)39-47(51)53-41-43-29-27-31-45(37-43)46-32-28-30-44(38-46)42-54-48(52)40-50(34-24-20-16-12-8-4)36-26-22-18-14-10-6-2/h27-32,37-38H,5-26,33-36,39-42H2,1-4H3. The molecule has 0 aliphatic heterocycles. The van der Waals surface area contributed by atoms with E-state index in [-0.39, 0.29) is 25.2 Å². The summed E-state index contributed by atoms with van der Waals surface area (Å²) in [7, 11) is 0. The Morgan fingerprint density at radius 1 is 0.426 bits per heavy atom. The molecule has 306 valence electrons. The Labute approximate surface area is 332 Å². The zero-order chi connectivity index (χ0) is 38.9. The van der Waals surface area contributed by atoms with Crippen LogP contribution < -0.4 is 0 Å². The van der Waals surface area contributed by atoms with Crippen molar-refractivity contribution in [2.24, 2.45) is 0 Å². The van der Waals surface area contributed by atoms with E-state index in [1.165, 1.54) is 116 Å². The molecule has 0 fully saturated rings. The van der Waals surface area contributed by atoms with Crippen LogP contribution in [0.2, 0.25) is 0 Å². The van der Waals surface area contributed by atoms with Crippen molar-refractivity contribution in [2.75, 3.05) is 39.3 Å². The van der Waals surface area contributed by atoms with Crippen LogP contribution >= 0.6 is 0 Å². The molecule has 0 bridgehead atoms. The summed E-state index contributed by atoms with van der Waals surface area (Å²) in [4.78, 5) is 30.6. The molecule has 0 aromatic heterocycles. The Morgan fingerprint density at radius 2 is 0.722 bits per heavy atom. The zero-order valence-electron chi connectivity index (χ0n) is 35.4. The molecule has 0 aliphatic carbocycles. The Balaban J connectivity index is 1.89. The predicted octanol–water partition coefficient (Wildman–Crippen LogP) is 12.7. The second-order valence-corrected chi connectivity index (χ2v) is 15.6. The zero-order valence-corrected chi connectivity index (χ0v) is 35.4. The van der Waals surface area contributed by atoms with Gasteiger partial charge in [-0.3, -0.25) is 19.4 Å². The maximum Gasteiger partial charge on any atom is 0.320 e. The lowest BCUT2D eigenvalue weighted by molar-refractivity contribution is -0.147. The molecule has 0 heterocycles. The molecule has 6 nitrogen and oxygen atoms in total. The van der Waals surface area contributed by atoms with E-state index in [4.69, 9.17) is 9.47 Å². The molecule has 0 unspecified atom stereocenters. The first-order valence-corrected chi connectivity index (χ1v) is 22.4. The number of unbranched alkanes of at least 4 members (excludes halogenated alkanes) is 18. The van der Waals surface area contributed by atoms with Crippen LogP contribution in [0, 0.1) is 0 Å². The fourth-order valence-corrected chi connectivity index (χ4v) is 7.11. The predicted molar refractivity (Wildman–Crippen MR) is 229 cm³/mol. The van der Waals surface area contributed by atoms with E-state index in [1.807, 2.05) is 24.3 Å². The molecule has 0 aliphatic rings. The second-order valence-electron chi connectivity index (χ2n) is 15.6. The summed E-state index contributed by atoms with van der Waals surface area (Å²) in [5.41, 5.74) is 4.06. The summed E-state index contributed by atoms with van der Waals surface area (Å²) in [6.07, 6.45) is 27.4. The van der Waals surface area contributed by atoms with E-state index in [1.54, 1.807) is 0 Å². The Bertz CT molecular complexity index is 1120. The van der Waals surface area contributed by atoms with Gasteiger partial charge in [0, 0.05) is 0 Å². The highest BCUT2D eigenvalue weighted by atomic mass is 16.5. The van der Waals surface area contributed by atoms with Gasteiger partial charge in [-0.25, -0.2) is 0 Å². The number of esters is 2. The molecular weight excluding hydrogens is 669 g/mol. The van der Waals surface area contributed by atoms with Crippen molar-refractivity contribution in [1.29, 1.82) is 0 Å². The van der Waals surface area contributed by atoms with Gasteiger partial charge < -0.3 is 9.47 Å². The summed E-state index contributed by atoms with van der Waals surface area (Å²) in [5, 5.41) is 0. The fraction of sp³-hybridized carbons (Fsp3) is 0.708. The number of carbonyl (C=O) groups excluding carboxylic acids is 2. The molecule has 2 rings (SSSR count). The molecule has 0 N–H and O–H groups in total. The van der Waals surface area contributed by atoms with Crippen molar-refractivity contribution in [3.63, 3.8) is 0 Å². The first-order chi connectivity index (χ1) is 26.5. The van der Waals surface area contributed by atoms with Crippen LogP contribution in [0.25, 0.3) is 11.1 Å². The van der Waals surface area contributed by atoms with Crippen molar-refractivity contribution >= 4 is 11.9 Å². The molecule has 0 spiro atoms. The van der Waals surface area contributed by atoms with E-state index in [0.717, 1.165) is 74.1 Å². The van der Waals surface area contributed by atoms with Crippen LogP contribution in [-0.2, 0) is 32.3 Å². The molecule has 0 saturated heterocycles. The normalized spacial score (nSPS) is 11.4. The van der Waals surface area contributed by atoms with E-state index < -0.39 is 0 Å². The topological polar surface area (TPSA) is 59.1 Å². The fourth-order valence-electron chi connectivity index (χ4n) is 7.11. The van der Waals surface area contributed by atoms with Crippen molar-refractivity contribution in [2.45, 2.75) is 182 Å². The summed E-state index contributed by atoms with van der Waals surface area (Å²) in [5.74, 6) is -0.295. The number of rotatable bonds is 35. The van der Waals surface area contributed by atoms with Gasteiger partial charge in [0.1, 0.15) is 13.2 Å². The third-order valence-electron chi connectivity index (χ3n) is 10.5. The number of carbonyl (C=O) groups is 2. The maximum absolute atomic E-state index is 13.0. The minimum atomic E-state index is -0.147. The SMILES string of the molecule is CCCCCCCCN(CCCCCCC)CC(=O)OCc1cccc(-c2cccc(COC(=O)CN(CCCCCCC)CCCCCCCC)c2)c1. The number of hydrogen-bond donors (Lipinski definition) is 0. The van der Waals surface area contributed by atoms with Gasteiger partial charge in [-0.15, -0.1) is 0 Å². The van der Waals surface area contributed by atoms with E-state index in [0.29, 0.717) is 13.1 Å². The van der Waals surface area contributed by atoms with Gasteiger partial charge in [0.15, 0.2) is 0 Å². The molecule has 54 heavy (non-hydrogen) atoms. The average Bonchev–Trinajstić information content (AvgIpc) is 3.18. The molecular formula is C48H80N2O4. The number of nitrogens with zero attached hydrogens (tertiary/aromatic N) is 2. The molecule has 2 aromatic carbocycles. The van der Waals surface area contributed by atoms with Crippen LogP contribution in [0.5, 0.6) is 0 Å². The first kappa shape index (κ1) is 47.5. The van der Waals surface area contributed by atoms with E-state index in [2.05, 4.69) is 61.8 Å². The van der Waals surface area contributed by atoms with Gasteiger partial charge in [0.05, 0.1) is 13.1 Å². The highest BCUT2D eigenvalue weighted by molar-refractivity contribution is 5.72. The molecule has 0 amide bonds. The summed E-state index contributed by atoms with van der Waals surface area (Å²) in [6, 6.07) is 16.4. The highest BCUT2D eigenvalue weighted by Gasteiger charge is 2.14. The summed E-state index contributed by atoms with van der Waals surface area (Å²) >= 11 is 0. The van der Waals surface area contributed by atoms with Crippen molar-refractivity contribution in [3.05, 3.63) is 59.7 Å². The highest BCUT2D eigenvalue weighted by Crippen LogP contribution is 2.23. The summed E-state index contributed by atoms with van der Waals surface area (Å²) < 4.78 is 11.6. The Hall–Kier alpha value is -2.70. The van der Waals surface area contributed by atoms with Crippen LogP contribution in [-0.4, -0.2) is 61.0 Å². The van der Waals surface area contributed by atoms with Crippen LogP contribution in [0.15, 0.2) is 48.5 Å². The lowest BCUT2D eigenvalue weighted by Gasteiger charge is -2.21. The number of hydrogen-bond acceptors (Lipinski definition) is 6. The lowest BCUT2D eigenvalue weighted by Crippen LogP contribution is -2.32. The van der Waals surface area contributed by atoms with Crippen molar-refractivity contribution in [1.82, 2.24) is 9.80 Å². The van der Waals surface area contributed by atoms with Gasteiger partial charge in [-0.2, -0.15) is 0 Å². The van der Waals surface area contributed by atoms with Gasteiger partial charge in [0.2, 0.25) is 0 Å². The molecule has 0 atom stereocenters. The van der Waals surface area contributed by atoms with Gasteiger partial charge >= 0.3 is 11.9 Å². The van der Waals surface area contributed by atoms with Crippen LogP contribution in [0.4, 0.5) is 0 Å². The van der Waals surface area contributed by atoms with Crippen molar-refractivity contribution in [3.8, 4) is 11.1 Å². The average molecular weight is 749 g/mol. The van der Waals surface area contributed by atoms with Gasteiger partial charge in [-0.1, -0.05) is 180 Å². The minimum Gasteiger partial charge on any atom is -0.460 e. The van der Waals surface area contributed by atoms with E-state index in [9.17, 15) is 9.59 Å². The maximum atomic E-state index is 13.0. The largest absolute Gasteiger partial charge is 0.460 e. The molecule has 2 aromatic rings. The third-order valence-corrected chi connectivity index (χ3v) is 10.5. The van der Waals surface area contributed by atoms with E-state index >= 15 is 0 Å². The summed E-state index contributed by atoms with van der Waals surface area (Å²) in [6.45, 7) is 14.1. The number of benzene rings is 2. The van der Waals surface area contributed by atoms with Crippen LogP contribution in [0.1, 0.15) is 180 Å².